The summed E-state index contributed by atoms with van der Waals surface area (Å²) in [5.74, 6) is 0. The van der Waals surface area contributed by atoms with Crippen LogP contribution in [-0.2, 0) is 11.3 Å². The van der Waals surface area contributed by atoms with Gasteiger partial charge in [-0.3, -0.25) is 4.68 Å². The molecule has 0 atom stereocenters. The Labute approximate surface area is 83.3 Å². The van der Waals surface area contributed by atoms with Crippen LogP contribution >= 0.6 is 0 Å². The van der Waals surface area contributed by atoms with Crippen LogP contribution in [0.3, 0.4) is 0 Å². The third-order valence-corrected chi connectivity index (χ3v) is 2.30. The highest BCUT2D eigenvalue weighted by Gasteiger charge is 2.01. The third-order valence-electron chi connectivity index (χ3n) is 2.30. The van der Waals surface area contributed by atoms with Gasteiger partial charge in [-0.1, -0.05) is 11.6 Å². The number of hydrogen-bond donors (Lipinski definition) is 0. The minimum atomic E-state index is 0.699. The van der Waals surface area contributed by atoms with Crippen molar-refractivity contribution in [2.75, 3.05) is 13.7 Å². The fourth-order valence-electron chi connectivity index (χ4n) is 1.56. The van der Waals surface area contributed by atoms with Gasteiger partial charge in [0, 0.05) is 12.5 Å². The summed E-state index contributed by atoms with van der Waals surface area (Å²) >= 11 is 0. The normalized spacial score (nSPS) is 11.0. The van der Waals surface area contributed by atoms with Crippen molar-refractivity contribution >= 4 is 10.9 Å². The molecule has 0 bridgehead atoms. The number of methoxy groups -OCH3 is 1. The molecular weight excluding hydrogens is 176 g/mol. The van der Waals surface area contributed by atoms with Gasteiger partial charge in [0.05, 0.1) is 24.9 Å². The standard InChI is InChI=1S/C11H14N2O/c1-9-3-4-11-10(7-9)8-12-13(11)5-6-14-2/h3-4,7-8H,5-6H2,1-2H3. The minimum Gasteiger partial charge on any atom is -0.383 e. The fraction of sp³-hybridized carbons (Fsp3) is 0.364. The molecule has 3 heteroatoms. The van der Waals surface area contributed by atoms with Crippen molar-refractivity contribution in [3.05, 3.63) is 30.0 Å². The smallest absolute Gasteiger partial charge is 0.0683 e. The Morgan fingerprint density at radius 2 is 2.29 bits per heavy atom. The summed E-state index contributed by atoms with van der Waals surface area (Å²) in [6, 6.07) is 6.35. The lowest BCUT2D eigenvalue weighted by Crippen LogP contribution is -2.05. The van der Waals surface area contributed by atoms with Crippen LogP contribution in [0.2, 0.25) is 0 Å². The zero-order valence-electron chi connectivity index (χ0n) is 8.53. The van der Waals surface area contributed by atoms with E-state index in [0.29, 0.717) is 6.61 Å². The number of hydrogen-bond acceptors (Lipinski definition) is 2. The maximum atomic E-state index is 5.03. The molecule has 3 nitrogen and oxygen atoms in total. The van der Waals surface area contributed by atoms with Crippen molar-refractivity contribution in [3.63, 3.8) is 0 Å². The van der Waals surface area contributed by atoms with E-state index in [9.17, 15) is 0 Å². The molecule has 0 spiro atoms. The Bertz CT molecular complexity index is 434. The van der Waals surface area contributed by atoms with Crippen LogP contribution in [0.25, 0.3) is 10.9 Å². The summed E-state index contributed by atoms with van der Waals surface area (Å²) in [5.41, 5.74) is 2.44. The van der Waals surface area contributed by atoms with E-state index in [-0.39, 0.29) is 0 Å². The number of ether oxygens (including phenoxy) is 1. The average molecular weight is 190 g/mol. The van der Waals surface area contributed by atoms with Crippen LogP contribution in [0.1, 0.15) is 5.56 Å². The van der Waals surface area contributed by atoms with E-state index >= 15 is 0 Å². The van der Waals surface area contributed by atoms with Gasteiger partial charge in [0.2, 0.25) is 0 Å². The van der Waals surface area contributed by atoms with Crippen LogP contribution in [0.5, 0.6) is 0 Å². The van der Waals surface area contributed by atoms with E-state index in [2.05, 4.69) is 30.2 Å². The maximum Gasteiger partial charge on any atom is 0.0683 e. The molecule has 0 aliphatic carbocycles. The summed E-state index contributed by atoms with van der Waals surface area (Å²) in [5, 5.41) is 5.51. The first-order valence-corrected chi connectivity index (χ1v) is 4.72. The minimum absolute atomic E-state index is 0.699. The first-order valence-electron chi connectivity index (χ1n) is 4.72. The highest BCUT2D eigenvalue weighted by atomic mass is 16.5. The molecule has 0 saturated carbocycles. The zero-order chi connectivity index (χ0) is 9.97. The van der Waals surface area contributed by atoms with Crippen LogP contribution in [-0.4, -0.2) is 23.5 Å². The van der Waals surface area contributed by atoms with Crippen molar-refractivity contribution in [2.45, 2.75) is 13.5 Å². The number of fused-ring (bicyclic) bond motifs is 1. The van der Waals surface area contributed by atoms with E-state index < -0.39 is 0 Å². The summed E-state index contributed by atoms with van der Waals surface area (Å²) in [6.07, 6.45) is 1.90. The lowest BCUT2D eigenvalue weighted by Gasteiger charge is -2.02. The number of nitrogens with zero attached hydrogens (tertiary/aromatic N) is 2. The summed E-state index contributed by atoms with van der Waals surface area (Å²) < 4.78 is 7.00. The van der Waals surface area contributed by atoms with Gasteiger partial charge in [0.25, 0.3) is 0 Å². The lowest BCUT2D eigenvalue weighted by atomic mass is 10.2. The topological polar surface area (TPSA) is 27.1 Å². The molecule has 0 fully saturated rings. The van der Waals surface area contributed by atoms with Gasteiger partial charge < -0.3 is 4.74 Å². The highest BCUT2D eigenvalue weighted by molar-refractivity contribution is 5.79. The zero-order valence-corrected chi connectivity index (χ0v) is 8.53. The number of rotatable bonds is 3. The van der Waals surface area contributed by atoms with Gasteiger partial charge in [0.1, 0.15) is 0 Å². The molecule has 0 aliphatic rings. The summed E-state index contributed by atoms with van der Waals surface area (Å²) in [6.45, 7) is 3.60. The van der Waals surface area contributed by atoms with Crippen LogP contribution in [0.15, 0.2) is 24.4 Å². The Kier molecular flexibility index (Phi) is 2.50. The molecule has 0 unspecified atom stereocenters. The highest BCUT2D eigenvalue weighted by Crippen LogP contribution is 2.14. The summed E-state index contributed by atoms with van der Waals surface area (Å²) in [7, 11) is 1.70. The molecule has 0 saturated heterocycles. The molecule has 1 aromatic heterocycles. The van der Waals surface area contributed by atoms with Crippen molar-refractivity contribution < 1.29 is 4.74 Å². The molecule has 74 valence electrons. The molecule has 1 aromatic carbocycles. The maximum absolute atomic E-state index is 5.03. The number of aromatic nitrogens is 2. The van der Waals surface area contributed by atoms with E-state index in [0.717, 1.165) is 6.54 Å². The van der Waals surface area contributed by atoms with Crippen LogP contribution in [0.4, 0.5) is 0 Å². The van der Waals surface area contributed by atoms with Crippen molar-refractivity contribution in [1.29, 1.82) is 0 Å². The quantitative estimate of drug-likeness (QED) is 0.740. The largest absolute Gasteiger partial charge is 0.383 e. The second-order valence-electron chi connectivity index (χ2n) is 3.42. The molecule has 0 aliphatic heterocycles. The SMILES string of the molecule is COCCn1ncc2cc(C)ccc21. The second kappa shape index (κ2) is 3.80. The molecule has 0 N–H and O–H groups in total. The summed E-state index contributed by atoms with van der Waals surface area (Å²) in [4.78, 5) is 0. The van der Waals surface area contributed by atoms with E-state index in [1.54, 1.807) is 7.11 Å². The monoisotopic (exact) mass is 190 g/mol. The van der Waals surface area contributed by atoms with Gasteiger partial charge in [-0.15, -0.1) is 0 Å². The molecular formula is C11H14N2O. The lowest BCUT2D eigenvalue weighted by molar-refractivity contribution is 0.185. The van der Waals surface area contributed by atoms with E-state index in [1.165, 1.54) is 16.5 Å². The fourth-order valence-corrected chi connectivity index (χ4v) is 1.56. The predicted molar refractivity (Wildman–Crippen MR) is 56.3 cm³/mol. The number of benzene rings is 1. The Morgan fingerprint density at radius 3 is 3.07 bits per heavy atom. The molecule has 14 heavy (non-hydrogen) atoms. The molecule has 0 amide bonds. The van der Waals surface area contributed by atoms with Gasteiger partial charge in [-0.25, -0.2) is 0 Å². The first-order chi connectivity index (χ1) is 6.81. The van der Waals surface area contributed by atoms with Gasteiger partial charge >= 0.3 is 0 Å². The van der Waals surface area contributed by atoms with E-state index in [4.69, 9.17) is 4.74 Å². The van der Waals surface area contributed by atoms with Gasteiger partial charge in [-0.05, 0) is 19.1 Å². The van der Waals surface area contributed by atoms with Crippen molar-refractivity contribution in [3.8, 4) is 0 Å². The predicted octanol–water partition coefficient (Wildman–Crippen LogP) is 1.99. The molecule has 1 heterocycles. The second-order valence-corrected chi connectivity index (χ2v) is 3.42. The van der Waals surface area contributed by atoms with Crippen LogP contribution in [0, 0.1) is 6.92 Å². The molecule has 2 rings (SSSR count). The Hall–Kier alpha value is -1.35. The molecule has 2 aromatic rings. The van der Waals surface area contributed by atoms with Crippen molar-refractivity contribution in [1.82, 2.24) is 9.78 Å². The van der Waals surface area contributed by atoms with Gasteiger partial charge in [-0.2, -0.15) is 5.10 Å². The average Bonchev–Trinajstić information content (AvgIpc) is 2.57. The van der Waals surface area contributed by atoms with Crippen molar-refractivity contribution in [2.24, 2.45) is 0 Å². The van der Waals surface area contributed by atoms with Crippen LogP contribution < -0.4 is 0 Å². The Morgan fingerprint density at radius 1 is 1.43 bits per heavy atom. The molecule has 0 radical (unpaired) electrons. The van der Waals surface area contributed by atoms with E-state index in [1.807, 2.05) is 10.9 Å². The third kappa shape index (κ3) is 1.63. The van der Waals surface area contributed by atoms with Gasteiger partial charge in [0.15, 0.2) is 0 Å². The Balaban J connectivity index is 2.37. The number of aryl methyl sites for hydroxylation is 1. The first kappa shape index (κ1) is 9.21.